The van der Waals surface area contributed by atoms with E-state index < -0.39 is 27.4 Å². The molecule has 116 valence electrons. The Balaban J connectivity index is 2.23. The number of anilines is 1. The van der Waals surface area contributed by atoms with Gasteiger partial charge in [-0.1, -0.05) is 24.2 Å². The van der Waals surface area contributed by atoms with Crippen molar-refractivity contribution >= 4 is 38.4 Å². The SMILES string of the molecule is CC(=O)Nc1nnc(S(=O)(=O)NC2(C(=O)O)CCCC2)s1. The zero-order chi connectivity index (χ0) is 15.7. The molecule has 3 N–H and O–H groups in total. The number of rotatable bonds is 5. The van der Waals surface area contributed by atoms with Crippen molar-refractivity contribution in [2.45, 2.75) is 42.5 Å². The van der Waals surface area contributed by atoms with Crippen LogP contribution in [-0.2, 0) is 19.6 Å². The van der Waals surface area contributed by atoms with Crippen molar-refractivity contribution in [2.24, 2.45) is 0 Å². The minimum atomic E-state index is -4.10. The number of carboxylic acid groups (broad SMARTS) is 1. The highest BCUT2D eigenvalue weighted by molar-refractivity contribution is 7.91. The summed E-state index contributed by atoms with van der Waals surface area (Å²) in [6.07, 6.45) is 1.75. The topological polar surface area (TPSA) is 138 Å². The third kappa shape index (κ3) is 3.36. The van der Waals surface area contributed by atoms with E-state index in [0.29, 0.717) is 24.2 Å². The van der Waals surface area contributed by atoms with Gasteiger partial charge in [0.25, 0.3) is 10.0 Å². The van der Waals surface area contributed by atoms with Gasteiger partial charge in [-0.15, -0.1) is 10.2 Å². The number of amides is 1. The van der Waals surface area contributed by atoms with Crippen LogP contribution in [0.15, 0.2) is 4.34 Å². The summed E-state index contributed by atoms with van der Waals surface area (Å²) in [5.74, 6) is -1.60. The van der Waals surface area contributed by atoms with Gasteiger partial charge in [0.05, 0.1) is 0 Å². The molecule has 1 fully saturated rings. The van der Waals surface area contributed by atoms with Gasteiger partial charge in [-0.3, -0.25) is 9.59 Å². The third-order valence-electron chi connectivity index (χ3n) is 3.12. The van der Waals surface area contributed by atoms with Gasteiger partial charge in [0.2, 0.25) is 15.4 Å². The summed E-state index contributed by atoms with van der Waals surface area (Å²) in [5, 5.41) is 18.7. The number of hydrogen-bond acceptors (Lipinski definition) is 7. The van der Waals surface area contributed by atoms with Crippen LogP contribution >= 0.6 is 11.3 Å². The standard InChI is InChI=1S/C10H14N4O5S2/c1-6(15)11-8-12-13-9(20-8)21(18,19)14-10(7(16)17)4-2-3-5-10/h14H,2-5H2,1H3,(H,16,17)(H,11,12,15). The first kappa shape index (κ1) is 15.8. The number of carbonyl (C=O) groups excluding carboxylic acids is 1. The van der Waals surface area contributed by atoms with Crippen molar-refractivity contribution in [3.8, 4) is 0 Å². The highest BCUT2D eigenvalue weighted by Crippen LogP contribution is 2.32. The van der Waals surface area contributed by atoms with Crippen LogP contribution in [0.5, 0.6) is 0 Å². The van der Waals surface area contributed by atoms with Crippen LogP contribution in [0.1, 0.15) is 32.6 Å². The molecule has 0 spiro atoms. The average molecular weight is 334 g/mol. The molecule has 1 aromatic rings. The number of nitrogens with zero attached hydrogens (tertiary/aromatic N) is 2. The molecule has 0 aromatic carbocycles. The maximum absolute atomic E-state index is 12.2. The Morgan fingerprint density at radius 2 is 1.90 bits per heavy atom. The first-order chi connectivity index (χ1) is 9.75. The predicted octanol–water partition coefficient (Wildman–Crippen LogP) is 0.172. The Bertz CT molecular complexity index is 663. The van der Waals surface area contributed by atoms with E-state index in [4.69, 9.17) is 0 Å². The first-order valence-corrected chi connectivity index (χ1v) is 8.44. The Hall–Kier alpha value is -1.59. The van der Waals surface area contributed by atoms with Crippen molar-refractivity contribution in [3.05, 3.63) is 0 Å². The Kier molecular flexibility index (Phi) is 4.25. The molecular weight excluding hydrogens is 320 g/mol. The molecule has 0 atom stereocenters. The largest absolute Gasteiger partial charge is 0.480 e. The summed E-state index contributed by atoms with van der Waals surface area (Å²) in [6, 6.07) is 0. The molecule has 9 nitrogen and oxygen atoms in total. The predicted molar refractivity (Wildman–Crippen MR) is 73.4 cm³/mol. The summed E-state index contributed by atoms with van der Waals surface area (Å²) in [7, 11) is -4.10. The average Bonchev–Trinajstić information content (AvgIpc) is 2.98. The lowest BCUT2D eigenvalue weighted by molar-refractivity contribution is -0.143. The molecule has 1 aliphatic rings. The van der Waals surface area contributed by atoms with Crippen LogP contribution in [0.2, 0.25) is 0 Å². The van der Waals surface area contributed by atoms with Crippen molar-refractivity contribution in [3.63, 3.8) is 0 Å². The van der Waals surface area contributed by atoms with Crippen LogP contribution in [0, 0.1) is 0 Å². The summed E-state index contributed by atoms with van der Waals surface area (Å²) < 4.78 is 26.3. The second-order valence-electron chi connectivity index (χ2n) is 4.75. The van der Waals surface area contributed by atoms with E-state index in [1.807, 2.05) is 0 Å². The van der Waals surface area contributed by atoms with Crippen LogP contribution in [0.25, 0.3) is 0 Å². The highest BCUT2D eigenvalue weighted by atomic mass is 32.2. The normalized spacial score (nSPS) is 17.6. The molecule has 0 aliphatic heterocycles. The summed E-state index contributed by atoms with van der Waals surface area (Å²) in [6.45, 7) is 1.26. The lowest BCUT2D eigenvalue weighted by atomic mass is 10.0. The number of hydrogen-bond donors (Lipinski definition) is 3. The number of carboxylic acids is 1. The zero-order valence-electron chi connectivity index (χ0n) is 11.1. The molecule has 1 amide bonds. The highest BCUT2D eigenvalue weighted by Gasteiger charge is 2.45. The Morgan fingerprint density at radius 3 is 2.43 bits per heavy atom. The van der Waals surface area contributed by atoms with E-state index in [1.54, 1.807) is 0 Å². The molecule has 0 unspecified atom stereocenters. The number of sulfonamides is 1. The van der Waals surface area contributed by atoms with E-state index in [0.717, 1.165) is 0 Å². The maximum Gasteiger partial charge on any atom is 0.324 e. The van der Waals surface area contributed by atoms with E-state index in [-0.39, 0.29) is 22.3 Å². The number of aromatic nitrogens is 2. The van der Waals surface area contributed by atoms with E-state index in [9.17, 15) is 23.1 Å². The van der Waals surface area contributed by atoms with E-state index in [1.165, 1.54) is 6.92 Å². The van der Waals surface area contributed by atoms with E-state index in [2.05, 4.69) is 20.2 Å². The molecule has 0 bridgehead atoms. The van der Waals surface area contributed by atoms with E-state index >= 15 is 0 Å². The van der Waals surface area contributed by atoms with Crippen molar-refractivity contribution < 1.29 is 23.1 Å². The number of carbonyl (C=O) groups is 2. The summed E-state index contributed by atoms with van der Waals surface area (Å²) in [5.41, 5.74) is -1.49. The van der Waals surface area contributed by atoms with Gasteiger partial charge < -0.3 is 10.4 Å². The van der Waals surface area contributed by atoms with Crippen molar-refractivity contribution in [1.82, 2.24) is 14.9 Å². The van der Waals surface area contributed by atoms with Gasteiger partial charge in [0, 0.05) is 6.92 Å². The van der Waals surface area contributed by atoms with Crippen LogP contribution in [-0.4, -0.2) is 41.1 Å². The zero-order valence-corrected chi connectivity index (χ0v) is 12.8. The number of nitrogens with one attached hydrogen (secondary N) is 2. The minimum Gasteiger partial charge on any atom is -0.480 e. The molecule has 21 heavy (non-hydrogen) atoms. The Morgan fingerprint density at radius 1 is 1.29 bits per heavy atom. The molecule has 1 aliphatic carbocycles. The van der Waals surface area contributed by atoms with Crippen LogP contribution in [0.3, 0.4) is 0 Å². The van der Waals surface area contributed by atoms with Crippen molar-refractivity contribution in [2.75, 3.05) is 5.32 Å². The molecule has 1 heterocycles. The van der Waals surface area contributed by atoms with Crippen LogP contribution in [0.4, 0.5) is 5.13 Å². The monoisotopic (exact) mass is 334 g/mol. The summed E-state index contributed by atoms with van der Waals surface area (Å²) >= 11 is 0.664. The molecule has 1 saturated carbocycles. The molecule has 11 heteroatoms. The molecular formula is C10H14N4O5S2. The molecule has 2 rings (SSSR count). The third-order valence-corrected chi connectivity index (χ3v) is 5.86. The van der Waals surface area contributed by atoms with Gasteiger partial charge in [-0.2, -0.15) is 4.72 Å². The Labute approximate surface area is 124 Å². The second kappa shape index (κ2) is 5.66. The fraction of sp³-hybridized carbons (Fsp3) is 0.600. The molecule has 0 saturated heterocycles. The molecule has 1 aromatic heterocycles. The minimum absolute atomic E-state index is 0.0404. The lowest BCUT2D eigenvalue weighted by Gasteiger charge is -2.23. The fourth-order valence-corrected chi connectivity index (χ4v) is 4.52. The fourth-order valence-electron chi connectivity index (χ4n) is 2.16. The van der Waals surface area contributed by atoms with Crippen molar-refractivity contribution in [1.29, 1.82) is 0 Å². The maximum atomic E-state index is 12.2. The van der Waals surface area contributed by atoms with Gasteiger partial charge in [-0.05, 0) is 12.8 Å². The van der Waals surface area contributed by atoms with Crippen LogP contribution < -0.4 is 10.0 Å². The quantitative estimate of drug-likeness (QED) is 0.652. The lowest BCUT2D eigenvalue weighted by Crippen LogP contribution is -2.52. The van der Waals surface area contributed by atoms with Gasteiger partial charge >= 0.3 is 5.97 Å². The second-order valence-corrected chi connectivity index (χ2v) is 7.59. The van der Waals surface area contributed by atoms with Gasteiger partial charge in [0.1, 0.15) is 5.54 Å². The summed E-state index contributed by atoms with van der Waals surface area (Å²) in [4.78, 5) is 22.2. The van der Waals surface area contributed by atoms with Gasteiger partial charge in [-0.25, -0.2) is 8.42 Å². The smallest absolute Gasteiger partial charge is 0.324 e. The first-order valence-electron chi connectivity index (χ1n) is 6.14. The van der Waals surface area contributed by atoms with Gasteiger partial charge in [0.15, 0.2) is 0 Å². The number of aliphatic carboxylic acids is 1. The molecule has 0 radical (unpaired) electrons.